The number of nitrogens with one attached hydrogen (secondary N) is 2. The average Bonchev–Trinajstić information content (AvgIpc) is 3.25. The number of alkyl halides is 6. The minimum absolute atomic E-state index is 0.0750. The van der Waals surface area contributed by atoms with Crippen LogP contribution in [0.3, 0.4) is 0 Å². The summed E-state index contributed by atoms with van der Waals surface area (Å²) in [6, 6.07) is 10.8. The maximum absolute atomic E-state index is 13.3. The van der Waals surface area contributed by atoms with Gasteiger partial charge in [0.25, 0.3) is 0 Å². The van der Waals surface area contributed by atoms with Crippen molar-refractivity contribution >= 4 is 0 Å². The first-order valence-corrected chi connectivity index (χ1v) is 10.9. The third-order valence-electron chi connectivity index (χ3n) is 6.44. The number of aromatic nitrogens is 3. The van der Waals surface area contributed by atoms with E-state index in [2.05, 4.69) is 15.2 Å². The van der Waals surface area contributed by atoms with E-state index in [9.17, 15) is 31.1 Å². The molecule has 6 nitrogen and oxygen atoms in total. The van der Waals surface area contributed by atoms with Crippen molar-refractivity contribution in [2.45, 2.75) is 37.7 Å². The highest BCUT2D eigenvalue weighted by Crippen LogP contribution is 2.58. The molecule has 1 aliphatic heterocycles. The first-order valence-electron chi connectivity index (χ1n) is 10.9. The normalized spacial score (nSPS) is 23.3. The van der Waals surface area contributed by atoms with E-state index in [1.165, 1.54) is 0 Å². The molecular formula is C23H20F6N4O2. The molecule has 1 saturated heterocycles. The lowest BCUT2D eigenvalue weighted by atomic mass is 10.0. The fourth-order valence-electron chi connectivity index (χ4n) is 4.84. The first-order chi connectivity index (χ1) is 16.5. The van der Waals surface area contributed by atoms with Crippen molar-refractivity contribution in [1.82, 2.24) is 20.1 Å². The highest BCUT2D eigenvalue weighted by atomic mass is 19.4. The van der Waals surface area contributed by atoms with E-state index in [4.69, 9.17) is 4.74 Å². The molecule has 5 rings (SSSR count). The molecule has 2 aromatic carbocycles. The molecule has 0 bridgehead atoms. The zero-order valence-electron chi connectivity index (χ0n) is 18.0. The second-order valence-electron chi connectivity index (χ2n) is 8.85. The van der Waals surface area contributed by atoms with Gasteiger partial charge in [0, 0.05) is 12.6 Å². The summed E-state index contributed by atoms with van der Waals surface area (Å²) in [5.74, 6) is 0.808. The Morgan fingerprint density at radius 3 is 2.26 bits per heavy atom. The minimum Gasteiger partial charge on any atom is -0.351 e. The van der Waals surface area contributed by atoms with E-state index in [0.717, 1.165) is 12.0 Å². The molecule has 186 valence electrons. The van der Waals surface area contributed by atoms with Crippen molar-refractivity contribution in [2.24, 2.45) is 11.8 Å². The smallest absolute Gasteiger partial charge is 0.351 e. The Hall–Kier alpha value is -3.12. The predicted octanol–water partition coefficient (Wildman–Crippen LogP) is 5.04. The second kappa shape index (κ2) is 8.52. The van der Waals surface area contributed by atoms with Crippen LogP contribution in [-0.2, 0) is 23.7 Å². The minimum atomic E-state index is -4.96. The quantitative estimate of drug-likeness (QED) is 0.467. The average molecular weight is 498 g/mol. The maximum atomic E-state index is 13.3. The molecule has 12 heteroatoms. The number of hydrogen-bond acceptors (Lipinski definition) is 4. The lowest BCUT2D eigenvalue weighted by Crippen LogP contribution is -2.34. The van der Waals surface area contributed by atoms with E-state index in [0.29, 0.717) is 30.5 Å². The summed E-state index contributed by atoms with van der Waals surface area (Å²) in [7, 11) is 0. The number of halogens is 6. The van der Waals surface area contributed by atoms with Gasteiger partial charge in [-0.1, -0.05) is 30.3 Å². The van der Waals surface area contributed by atoms with Crippen LogP contribution in [0.1, 0.15) is 46.8 Å². The molecule has 2 heterocycles. The summed E-state index contributed by atoms with van der Waals surface area (Å²) >= 11 is 0. The lowest BCUT2D eigenvalue weighted by molar-refractivity contribution is -0.143. The third-order valence-corrected chi connectivity index (χ3v) is 6.44. The van der Waals surface area contributed by atoms with E-state index < -0.39 is 42.0 Å². The Balaban J connectivity index is 1.47. The number of likely N-dealkylation sites (tertiary alicyclic amines) is 1. The highest BCUT2D eigenvalue weighted by Gasteiger charge is 2.55. The van der Waals surface area contributed by atoms with Crippen LogP contribution in [0.4, 0.5) is 26.3 Å². The Bertz CT molecular complexity index is 1220. The van der Waals surface area contributed by atoms with Crippen LogP contribution in [0.2, 0.25) is 0 Å². The van der Waals surface area contributed by atoms with Gasteiger partial charge in [0.05, 0.1) is 17.7 Å². The molecular weight excluding hydrogens is 478 g/mol. The lowest BCUT2D eigenvalue weighted by Gasteiger charge is -2.34. The largest absolute Gasteiger partial charge is 0.416 e. The van der Waals surface area contributed by atoms with E-state index in [1.54, 1.807) is 0 Å². The molecule has 35 heavy (non-hydrogen) atoms. The van der Waals surface area contributed by atoms with Crippen LogP contribution in [0.5, 0.6) is 0 Å². The summed E-state index contributed by atoms with van der Waals surface area (Å²) in [5.41, 5.74) is -2.73. The van der Waals surface area contributed by atoms with E-state index in [1.807, 2.05) is 35.2 Å². The molecule has 2 fully saturated rings. The van der Waals surface area contributed by atoms with Crippen molar-refractivity contribution in [3.63, 3.8) is 0 Å². The van der Waals surface area contributed by atoms with Crippen LogP contribution < -0.4 is 5.69 Å². The van der Waals surface area contributed by atoms with Gasteiger partial charge in [0.15, 0.2) is 12.1 Å². The number of benzene rings is 2. The van der Waals surface area contributed by atoms with E-state index >= 15 is 0 Å². The number of piperidine rings is 1. The SMILES string of the molecule is O=c1[nH]nc(C(OCc2cc(C(F)(F)F)cc(C(F)(F)F)c2)N2CC3CC3[C@H]2c2ccccc2)[nH]1. The molecule has 2 aliphatic rings. The maximum Gasteiger partial charge on any atom is 0.416 e. The van der Waals surface area contributed by atoms with Gasteiger partial charge >= 0.3 is 18.0 Å². The van der Waals surface area contributed by atoms with Gasteiger partial charge in [-0.15, -0.1) is 0 Å². The number of aromatic amines is 2. The van der Waals surface area contributed by atoms with Crippen LogP contribution in [0.15, 0.2) is 53.3 Å². The molecule has 4 atom stereocenters. The number of fused-ring (bicyclic) bond motifs is 1. The topological polar surface area (TPSA) is 74.0 Å². The molecule has 1 aliphatic carbocycles. The van der Waals surface area contributed by atoms with Crippen molar-refractivity contribution in [2.75, 3.05) is 6.54 Å². The van der Waals surface area contributed by atoms with Crippen molar-refractivity contribution in [3.8, 4) is 0 Å². The van der Waals surface area contributed by atoms with Crippen LogP contribution in [-0.4, -0.2) is 26.6 Å². The fourth-order valence-corrected chi connectivity index (χ4v) is 4.84. The number of hydrogen-bond donors (Lipinski definition) is 2. The highest BCUT2D eigenvalue weighted by molar-refractivity contribution is 5.33. The predicted molar refractivity (Wildman–Crippen MR) is 111 cm³/mol. The van der Waals surface area contributed by atoms with Crippen LogP contribution >= 0.6 is 0 Å². The monoisotopic (exact) mass is 498 g/mol. The Labute approximate surface area is 194 Å². The first kappa shape index (κ1) is 23.6. The number of H-pyrrole nitrogens is 2. The van der Waals surface area contributed by atoms with Crippen molar-refractivity contribution in [3.05, 3.63) is 87.1 Å². The molecule has 0 spiro atoms. The number of nitrogens with zero attached hydrogens (tertiary/aromatic N) is 2. The molecule has 3 unspecified atom stereocenters. The zero-order chi connectivity index (χ0) is 25.0. The summed E-state index contributed by atoms with van der Waals surface area (Å²) in [4.78, 5) is 16.2. The molecule has 1 aromatic heterocycles. The van der Waals surface area contributed by atoms with Gasteiger partial charge in [-0.2, -0.15) is 31.4 Å². The van der Waals surface area contributed by atoms with Gasteiger partial charge in [-0.05, 0) is 47.6 Å². The van der Waals surface area contributed by atoms with Crippen LogP contribution in [0.25, 0.3) is 0 Å². The van der Waals surface area contributed by atoms with Gasteiger partial charge in [0.2, 0.25) is 0 Å². The van der Waals surface area contributed by atoms with Gasteiger partial charge in [-0.3, -0.25) is 9.88 Å². The third kappa shape index (κ3) is 4.85. The molecule has 1 saturated carbocycles. The molecule has 0 radical (unpaired) electrons. The van der Waals surface area contributed by atoms with Crippen LogP contribution in [0, 0.1) is 11.8 Å². The van der Waals surface area contributed by atoms with E-state index in [-0.39, 0.29) is 23.5 Å². The molecule has 0 amide bonds. The zero-order valence-corrected chi connectivity index (χ0v) is 18.0. The Morgan fingerprint density at radius 1 is 1.03 bits per heavy atom. The number of ether oxygens (including phenoxy) is 1. The van der Waals surface area contributed by atoms with Gasteiger partial charge < -0.3 is 4.74 Å². The second-order valence-corrected chi connectivity index (χ2v) is 8.85. The molecule has 3 aromatic rings. The fraction of sp³-hybridized carbons (Fsp3) is 0.391. The number of rotatable bonds is 6. The summed E-state index contributed by atoms with van der Waals surface area (Å²) in [6.45, 7) is 0.0279. The van der Waals surface area contributed by atoms with Gasteiger partial charge in [0.1, 0.15) is 0 Å². The molecule has 2 N–H and O–H groups in total. The van der Waals surface area contributed by atoms with Crippen molar-refractivity contribution < 1.29 is 31.1 Å². The Kier molecular flexibility index (Phi) is 5.75. The van der Waals surface area contributed by atoms with Crippen molar-refractivity contribution in [1.29, 1.82) is 0 Å². The standard InChI is InChI=1S/C23H20F6N4O2/c24-22(25,26)15-6-12(7-16(9-15)23(27,28)29)11-35-20(19-30-21(34)32-31-19)33-10-14-8-17(14)18(33)13-4-2-1-3-5-13/h1-7,9,14,17-18,20H,8,10-11H2,(H2,30,31,32,34)/t14?,17?,18-,20?/m1/s1. The van der Waals surface area contributed by atoms with Gasteiger partial charge in [-0.25, -0.2) is 9.89 Å². The summed E-state index contributed by atoms with van der Waals surface area (Å²) in [5, 5.41) is 6.18. The summed E-state index contributed by atoms with van der Waals surface area (Å²) in [6.07, 6.45) is -9.91. The Morgan fingerprint density at radius 2 is 1.69 bits per heavy atom. The summed E-state index contributed by atoms with van der Waals surface area (Å²) < 4.78 is 85.5.